The van der Waals surface area contributed by atoms with Gasteiger partial charge in [-0.15, -0.1) is 11.8 Å². The zero-order valence-corrected chi connectivity index (χ0v) is 17.7. The lowest BCUT2D eigenvalue weighted by molar-refractivity contribution is -0.118. The third-order valence-corrected chi connectivity index (χ3v) is 5.33. The Kier molecular flexibility index (Phi) is 7.51. The van der Waals surface area contributed by atoms with Gasteiger partial charge in [0.15, 0.2) is 6.61 Å². The molecule has 0 spiro atoms. The average molecular weight is 421 g/mol. The van der Waals surface area contributed by atoms with E-state index >= 15 is 0 Å². The van der Waals surface area contributed by atoms with Crippen LogP contribution in [-0.2, 0) is 9.59 Å². The number of hydrogen-bond acceptors (Lipinski definition) is 4. The Morgan fingerprint density at radius 3 is 2.33 bits per heavy atom. The molecular weight excluding hydrogens is 396 g/mol. The van der Waals surface area contributed by atoms with Crippen LogP contribution in [0.3, 0.4) is 0 Å². The zero-order chi connectivity index (χ0) is 21.3. The molecule has 0 aliphatic carbocycles. The quantitative estimate of drug-likeness (QED) is 0.496. The van der Waals surface area contributed by atoms with Crippen molar-refractivity contribution < 1.29 is 14.3 Å². The van der Waals surface area contributed by atoms with Crippen molar-refractivity contribution in [1.29, 1.82) is 0 Å². The Balaban J connectivity index is 1.47. The minimum atomic E-state index is -0.259. The number of aryl methyl sites for hydroxylation is 1. The molecule has 154 valence electrons. The SMILES string of the molecule is Cc1cccc(NC(=O)C(C)Sc2ccc(NC(=O)COc3ccccc3)cc2)c1. The summed E-state index contributed by atoms with van der Waals surface area (Å²) >= 11 is 1.46. The number of hydrogen-bond donors (Lipinski definition) is 2. The van der Waals surface area contributed by atoms with Crippen LogP contribution >= 0.6 is 11.8 Å². The van der Waals surface area contributed by atoms with Crippen molar-refractivity contribution in [3.63, 3.8) is 0 Å². The number of carbonyl (C=O) groups excluding carboxylic acids is 2. The molecule has 30 heavy (non-hydrogen) atoms. The maximum absolute atomic E-state index is 12.4. The number of para-hydroxylation sites is 1. The number of thioether (sulfide) groups is 1. The molecule has 1 unspecified atom stereocenters. The van der Waals surface area contributed by atoms with E-state index in [0.717, 1.165) is 16.1 Å². The number of carbonyl (C=O) groups is 2. The van der Waals surface area contributed by atoms with Gasteiger partial charge in [0.2, 0.25) is 5.91 Å². The van der Waals surface area contributed by atoms with E-state index in [-0.39, 0.29) is 23.7 Å². The summed E-state index contributed by atoms with van der Waals surface area (Å²) in [5, 5.41) is 5.48. The van der Waals surface area contributed by atoms with Gasteiger partial charge in [-0.1, -0.05) is 30.3 Å². The number of benzene rings is 3. The summed E-state index contributed by atoms with van der Waals surface area (Å²) in [7, 11) is 0. The fourth-order valence-corrected chi connectivity index (χ4v) is 3.57. The molecule has 0 saturated carbocycles. The maximum atomic E-state index is 12.4. The first-order valence-corrected chi connectivity index (χ1v) is 10.5. The molecule has 0 fully saturated rings. The number of nitrogens with one attached hydrogen (secondary N) is 2. The van der Waals surface area contributed by atoms with Crippen LogP contribution in [-0.4, -0.2) is 23.7 Å². The van der Waals surface area contributed by atoms with E-state index < -0.39 is 0 Å². The summed E-state index contributed by atoms with van der Waals surface area (Å²) in [5.41, 5.74) is 2.57. The molecule has 0 aliphatic rings. The van der Waals surface area contributed by atoms with Crippen molar-refractivity contribution in [3.05, 3.63) is 84.4 Å². The predicted molar refractivity (Wildman–Crippen MR) is 122 cm³/mol. The average Bonchev–Trinajstić information content (AvgIpc) is 2.74. The molecule has 0 radical (unpaired) electrons. The van der Waals surface area contributed by atoms with Crippen LogP contribution < -0.4 is 15.4 Å². The van der Waals surface area contributed by atoms with Gasteiger partial charge in [0.05, 0.1) is 5.25 Å². The van der Waals surface area contributed by atoms with E-state index in [1.165, 1.54) is 11.8 Å². The van der Waals surface area contributed by atoms with E-state index in [1.807, 2.05) is 80.6 Å². The van der Waals surface area contributed by atoms with Crippen LogP contribution in [0.25, 0.3) is 0 Å². The van der Waals surface area contributed by atoms with Gasteiger partial charge in [-0.3, -0.25) is 9.59 Å². The Labute approximate surface area is 180 Å². The Hall–Kier alpha value is -3.25. The van der Waals surface area contributed by atoms with Crippen molar-refractivity contribution in [2.24, 2.45) is 0 Å². The summed E-state index contributed by atoms with van der Waals surface area (Å²) in [6.45, 7) is 3.80. The van der Waals surface area contributed by atoms with Crippen LogP contribution in [0, 0.1) is 6.92 Å². The molecule has 6 heteroatoms. The van der Waals surface area contributed by atoms with Crippen LogP contribution in [0.4, 0.5) is 11.4 Å². The monoisotopic (exact) mass is 420 g/mol. The highest BCUT2D eigenvalue weighted by Gasteiger charge is 2.15. The van der Waals surface area contributed by atoms with E-state index in [9.17, 15) is 9.59 Å². The fourth-order valence-electron chi connectivity index (χ4n) is 2.70. The second-order valence-electron chi connectivity index (χ2n) is 6.79. The summed E-state index contributed by atoms with van der Waals surface area (Å²) in [5.74, 6) is 0.364. The summed E-state index contributed by atoms with van der Waals surface area (Å²) in [4.78, 5) is 25.4. The van der Waals surface area contributed by atoms with Gasteiger partial charge >= 0.3 is 0 Å². The third-order valence-electron chi connectivity index (χ3n) is 4.22. The highest BCUT2D eigenvalue weighted by atomic mass is 32.2. The normalized spacial score (nSPS) is 11.4. The van der Waals surface area contributed by atoms with E-state index in [0.29, 0.717) is 11.4 Å². The van der Waals surface area contributed by atoms with Crippen LogP contribution in [0.15, 0.2) is 83.8 Å². The maximum Gasteiger partial charge on any atom is 0.262 e. The molecule has 5 nitrogen and oxygen atoms in total. The highest BCUT2D eigenvalue weighted by Crippen LogP contribution is 2.26. The lowest BCUT2D eigenvalue weighted by Crippen LogP contribution is -2.22. The number of ether oxygens (including phenoxy) is 1. The largest absolute Gasteiger partial charge is 0.484 e. The number of anilines is 2. The molecular formula is C24H24N2O3S. The molecule has 3 aromatic carbocycles. The number of amides is 2. The molecule has 0 bridgehead atoms. The molecule has 0 aromatic heterocycles. The smallest absolute Gasteiger partial charge is 0.262 e. The van der Waals surface area contributed by atoms with Gasteiger partial charge in [0.25, 0.3) is 5.91 Å². The molecule has 2 amide bonds. The molecule has 0 saturated heterocycles. The Morgan fingerprint density at radius 2 is 1.63 bits per heavy atom. The van der Waals surface area contributed by atoms with Gasteiger partial charge in [0, 0.05) is 16.3 Å². The molecule has 3 rings (SSSR count). The summed E-state index contributed by atoms with van der Waals surface area (Å²) in [6.07, 6.45) is 0. The second kappa shape index (κ2) is 10.5. The molecule has 2 N–H and O–H groups in total. The lowest BCUT2D eigenvalue weighted by atomic mass is 10.2. The van der Waals surface area contributed by atoms with E-state index in [1.54, 1.807) is 12.1 Å². The third kappa shape index (κ3) is 6.67. The van der Waals surface area contributed by atoms with Gasteiger partial charge in [-0.2, -0.15) is 0 Å². The van der Waals surface area contributed by atoms with Gasteiger partial charge in [-0.05, 0) is 67.9 Å². The second-order valence-corrected chi connectivity index (χ2v) is 8.21. The molecule has 0 heterocycles. The van der Waals surface area contributed by atoms with Crippen molar-refractivity contribution in [2.45, 2.75) is 24.0 Å². The number of rotatable bonds is 8. The first kappa shape index (κ1) is 21.5. The molecule has 1 atom stereocenters. The van der Waals surface area contributed by atoms with Crippen molar-refractivity contribution in [2.75, 3.05) is 17.2 Å². The van der Waals surface area contributed by atoms with Crippen molar-refractivity contribution >= 4 is 35.0 Å². The Bertz CT molecular complexity index is 991. The topological polar surface area (TPSA) is 67.4 Å². The van der Waals surface area contributed by atoms with Crippen LogP contribution in [0.2, 0.25) is 0 Å². The minimum absolute atomic E-state index is 0.0546. The summed E-state index contributed by atoms with van der Waals surface area (Å²) in [6, 6.07) is 24.3. The van der Waals surface area contributed by atoms with Gasteiger partial charge in [0.1, 0.15) is 5.75 Å². The van der Waals surface area contributed by atoms with Crippen molar-refractivity contribution in [3.8, 4) is 5.75 Å². The lowest BCUT2D eigenvalue weighted by Gasteiger charge is -2.13. The van der Waals surface area contributed by atoms with E-state index in [2.05, 4.69) is 10.6 Å². The Morgan fingerprint density at radius 1 is 0.900 bits per heavy atom. The molecule has 3 aromatic rings. The van der Waals surface area contributed by atoms with E-state index in [4.69, 9.17) is 4.74 Å². The fraction of sp³-hybridized carbons (Fsp3) is 0.167. The first-order valence-electron chi connectivity index (χ1n) is 9.61. The standard InChI is InChI=1S/C24H24N2O3S/c1-17-7-6-8-20(15-17)26-24(28)18(2)30-22-13-11-19(12-14-22)25-23(27)16-29-21-9-4-3-5-10-21/h3-15,18H,16H2,1-2H3,(H,25,27)(H,26,28). The van der Waals surface area contributed by atoms with Crippen LogP contribution in [0.1, 0.15) is 12.5 Å². The predicted octanol–water partition coefficient (Wildman–Crippen LogP) is 5.13. The van der Waals surface area contributed by atoms with Gasteiger partial charge < -0.3 is 15.4 Å². The zero-order valence-electron chi connectivity index (χ0n) is 16.9. The van der Waals surface area contributed by atoms with Crippen LogP contribution in [0.5, 0.6) is 5.75 Å². The minimum Gasteiger partial charge on any atom is -0.484 e. The van der Waals surface area contributed by atoms with Gasteiger partial charge in [-0.25, -0.2) is 0 Å². The molecule has 0 aliphatic heterocycles. The summed E-state index contributed by atoms with van der Waals surface area (Å²) < 4.78 is 5.44. The van der Waals surface area contributed by atoms with Crippen molar-refractivity contribution in [1.82, 2.24) is 0 Å². The highest BCUT2D eigenvalue weighted by molar-refractivity contribution is 8.00. The first-order chi connectivity index (χ1) is 14.5.